The number of ether oxygens (including phenoxy) is 1. The minimum Gasteiger partial charge on any atom is -0.483 e. The van der Waals surface area contributed by atoms with E-state index >= 15 is 0 Å². The molecule has 120 valence electrons. The first-order valence-electron chi connectivity index (χ1n) is 6.90. The average Bonchev–Trinajstić information content (AvgIpc) is 2.46. The number of hydrogen-bond donors (Lipinski definition) is 2. The van der Waals surface area contributed by atoms with E-state index in [-0.39, 0.29) is 17.9 Å². The molecule has 0 atom stereocenters. The third kappa shape index (κ3) is 4.23. The van der Waals surface area contributed by atoms with E-state index in [1.54, 1.807) is 0 Å². The second-order valence-electron chi connectivity index (χ2n) is 5.05. The lowest BCUT2D eigenvalue weighted by Crippen LogP contribution is -2.22. The first-order chi connectivity index (χ1) is 10.9. The second kappa shape index (κ2) is 7.15. The van der Waals surface area contributed by atoms with Crippen LogP contribution in [0.15, 0.2) is 36.4 Å². The van der Waals surface area contributed by atoms with E-state index in [4.69, 9.17) is 21.4 Å². The van der Waals surface area contributed by atoms with Crippen LogP contribution in [0.2, 0.25) is 5.02 Å². The van der Waals surface area contributed by atoms with Crippen molar-refractivity contribution in [1.82, 2.24) is 0 Å². The number of halogens is 1. The highest BCUT2D eigenvalue weighted by Gasteiger charge is 2.14. The zero-order valence-corrected chi connectivity index (χ0v) is 13.5. The van der Waals surface area contributed by atoms with Gasteiger partial charge in [0.05, 0.1) is 11.3 Å². The third-order valence-corrected chi connectivity index (χ3v) is 3.48. The van der Waals surface area contributed by atoms with E-state index in [1.807, 2.05) is 32.0 Å². The van der Waals surface area contributed by atoms with Gasteiger partial charge in [0.25, 0.3) is 5.91 Å². The van der Waals surface area contributed by atoms with Crippen molar-refractivity contribution in [2.24, 2.45) is 0 Å². The lowest BCUT2D eigenvalue weighted by molar-refractivity contribution is -0.118. The summed E-state index contributed by atoms with van der Waals surface area (Å²) in [6, 6.07) is 9.87. The van der Waals surface area contributed by atoms with Crippen LogP contribution in [0.25, 0.3) is 0 Å². The molecule has 0 radical (unpaired) electrons. The Bertz CT molecular complexity index is 738. The van der Waals surface area contributed by atoms with Crippen LogP contribution >= 0.6 is 11.6 Å². The summed E-state index contributed by atoms with van der Waals surface area (Å²) in [5.41, 5.74) is 1.95. The standard InChI is InChI=1S/C17H16ClNO4/c1-10-4-3-5-11(2)16(10)23-9-15(20)19-14-8-12(18)6-7-13(14)17(21)22/h3-8H,9H2,1-2H3,(H,19,20)(H,21,22). The van der Waals surface area contributed by atoms with Gasteiger partial charge < -0.3 is 15.2 Å². The highest BCUT2D eigenvalue weighted by atomic mass is 35.5. The minimum absolute atomic E-state index is 0.0326. The fourth-order valence-corrected chi connectivity index (χ4v) is 2.33. The summed E-state index contributed by atoms with van der Waals surface area (Å²) in [7, 11) is 0. The van der Waals surface area contributed by atoms with Crippen LogP contribution < -0.4 is 10.1 Å². The van der Waals surface area contributed by atoms with Gasteiger partial charge in [-0.15, -0.1) is 0 Å². The van der Waals surface area contributed by atoms with Crippen LogP contribution in [0.5, 0.6) is 5.75 Å². The van der Waals surface area contributed by atoms with E-state index in [9.17, 15) is 9.59 Å². The average molecular weight is 334 g/mol. The Morgan fingerprint density at radius 2 is 1.83 bits per heavy atom. The van der Waals surface area contributed by atoms with Crippen molar-refractivity contribution >= 4 is 29.2 Å². The summed E-state index contributed by atoms with van der Waals surface area (Å²) in [6.45, 7) is 3.55. The molecule has 0 saturated heterocycles. The Hall–Kier alpha value is -2.53. The molecule has 6 heteroatoms. The third-order valence-electron chi connectivity index (χ3n) is 3.24. The van der Waals surface area contributed by atoms with Crippen LogP contribution in [0.3, 0.4) is 0 Å². The highest BCUT2D eigenvalue weighted by Crippen LogP contribution is 2.23. The summed E-state index contributed by atoms with van der Waals surface area (Å²) in [5.74, 6) is -0.961. The van der Waals surface area contributed by atoms with Crippen molar-refractivity contribution in [3.8, 4) is 5.75 Å². The predicted molar refractivity (Wildman–Crippen MR) is 88.5 cm³/mol. The van der Waals surface area contributed by atoms with Gasteiger partial charge in [-0.1, -0.05) is 29.8 Å². The summed E-state index contributed by atoms with van der Waals surface area (Å²) >= 11 is 5.84. The molecule has 23 heavy (non-hydrogen) atoms. The molecule has 0 bridgehead atoms. The van der Waals surface area contributed by atoms with Crippen LogP contribution in [-0.4, -0.2) is 23.6 Å². The van der Waals surface area contributed by atoms with Crippen LogP contribution in [-0.2, 0) is 4.79 Å². The Morgan fingerprint density at radius 1 is 1.17 bits per heavy atom. The normalized spacial score (nSPS) is 10.2. The van der Waals surface area contributed by atoms with Crippen LogP contribution in [0, 0.1) is 13.8 Å². The van der Waals surface area contributed by atoms with Gasteiger partial charge in [0.2, 0.25) is 0 Å². The number of hydrogen-bond acceptors (Lipinski definition) is 3. The number of benzene rings is 2. The predicted octanol–water partition coefficient (Wildman–Crippen LogP) is 3.67. The van der Waals surface area contributed by atoms with Crippen molar-refractivity contribution in [2.45, 2.75) is 13.8 Å². The molecule has 2 aromatic rings. The van der Waals surface area contributed by atoms with Crippen molar-refractivity contribution < 1.29 is 19.4 Å². The summed E-state index contributed by atoms with van der Waals surface area (Å²) in [5, 5.41) is 12.0. The molecule has 1 amide bonds. The molecule has 0 aliphatic carbocycles. The molecule has 2 N–H and O–H groups in total. The van der Waals surface area contributed by atoms with Gasteiger partial charge in [0.15, 0.2) is 6.61 Å². The van der Waals surface area contributed by atoms with Gasteiger partial charge in [0, 0.05) is 5.02 Å². The fourth-order valence-electron chi connectivity index (χ4n) is 2.16. The Morgan fingerprint density at radius 3 is 2.43 bits per heavy atom. The molecular weight excluding hydrogens is 318 g/mol. The number of amides is 1. The first kappa shape index (κ1) is 16.8. The number of carboxylic acids is 1. The van der Waals surface area contributed by atoms with Crippen molar-refractivity contribution in [2.75, 3.05) is 11.9 Å². The maximum absolute atomic E-state index is 12.0. The van der Waals surface area contributed by atoms with E-state index in [0.717, 1.165) is 11.1 Å². The van der Waals surface area contributed by atoms with Crippen molar-refractivity contribution in [1.29, 1.82) is 0 Å². The van der Waals surface area contributed by atoms with Crippen LogP contribution in [0.4, 0.5) is 5.69 Å². The quantitative estimate of drug-likeness (QED) is 0.875. The number of para-hydroxylation sites is 1. The topological polar surface area (TPSA) is 75.6 Å². The molecule has 0 spiro atoms. The summed E-state index contributed by atoms with van der Waals surface area (Å²) in [6.07, 6.45) is 0. The van der Waals surface area contributed by atoms with E-state index in [0.29, 0.717) is 10.8 Å². The SMILES string of the molecule is Cc1cccc(C)c1OCC(=O)Nc1cc(Cl)ccc1C(=O)O. The number of rotatable bonds is 5. The van der Waals surface area contributed by atoms with Gasteiger partial charge in [-0.3, -0.25) is 4.79 Å². The molecule has 2 rings (SSSR count). The second-order valence-corrected chi connectivity index (χ2v) is 5.49. The Kier molecular flexibility index (Phi) is 5.24. The fraction of sp³-hybridized carbons (Fsp3) is 0.176. The first-order valence-corrected chi connectivity index (χ1v) is 7.28. The minimum atomic E-state index is -1.15. The smallest absolute Gasteiger partial charge is 0.337 e. The number of aryl methyl sites for hydroxylation is 2. The molecule has 0 aliphatic rings. The van der Waals surface area contributed by atoms with Crippen molar-refractivity contribution in [3.05, 3.63) is 58.1 Å². The molecule has 0 heterocycles. The number of carboxylic acid groups (broad SMARTS) is 1. The molecule has 0 aromatic heterocycles. The van der Waals surface area contributed by atoms with E-state index < -0.39 is 11.9 Å². The number of nitrogens with one attached hydrogen (secondary N) is 1. The molecule has 0 saturated carbocycles. The van der Waals surface area contributed by atoms with E-state index in [1.165, 1.54) is 18.2 Å². The maximum atomic E-state index is 12.0. The maximum Gasteiger partial charge on any atom is 0.337 e. The molecule has 2 aromatic carbocycles. The van der Waals surface area contributed by atoms with Gasteiger partial charge in [-0.25, -0.2) is 4.79 Å². The summed E-state index contributed by atoms with van der Waals surface area (Å²) in [4.78, 5) is 23.2. The van der Waals surface area contributed by atoms with Gasteiger partial charge in [-0.2, -0.15) is 0 Å². The lowest BCUT2D eigenvalue weighted by atomic mass is 10.1. The zero-order valence-electron chi connectivity index (χ0n) is 12.7. The van der Waals surface area contributed by atoms with Gasteiger partial charge >= 0.3 is 5.97 Å². The molecule has 0 aliphatic heterocycles. The highest BCUT2D eigenvalue weighted by molar-refractivity contribution is 6.31. The van der Waals surface area contributed by atoms with Crippen LogP contribution in [0.1, 0.15) is 21.5 Å². The summed E-state index contributed by atoms with van der Waals surface area (Å²) < 4.78 is 5.54. The Labute approximate surface area is 138 Å². The number of carbonyl (C=O) groups excluding carboxylic acids is 1. The molecule has 0 fully saturated rings. The number of carbonyl (C=O) groups is 2. The number of anilines is 1. The van der Waals surface area contributed by atoms with Gasteiger partial charge in [-0.05, 0) is 43.2 Å². The number of aromatic carboxylic acids is 1. The molecule has 5 nitrogen and oxygen atoms in total. The molecule has 0 unspecified atom stereocenters. The molecular formula is C17H16ClNO4. The monoisotopic (exact) mass is 333 g/mol. The lowest BCUT2D eigenvalue weighted by Gasteiger charge is -2.13. The van der Waals surface area contributed by atoms with E-state index in [2.05, 4.69) is 5.32 Å². The largest absolute Gasteiger partial charge is 0.483 e. The van der Waals surface area contributed by atoms with Crippen molar-refractivity contribution in [3.63, 3.8) is 0 Å². The Balaban J connectivity index is 2.09. The van der Waals surface area contributed by atoms with Gasteiger partial charge in [0.1, 0.15) is 5.75 Å². The zero-order chi connectivity index (χ0) is 17.0.